The monoisotopic (exact) mass is 357 g/mol. The Morgan fingerprint density at radius 3 is 2.67 bits per heavy atom. The van der Waals surface area contributed by atoms with Gasteiger partial charge in [-0.2, -0.15) is 5.10 Å². The van der Waals surface area contributed by atoms with Gasteiger partial charge in [-0.3, -0.25) is 4.98 Å². The molecule has 0 unspecified atom stereocenters. The highest BCUT2D eigenvalue weighted by Gasteiger charge is 2.10. The first-order valence-corrected chi connectivity index (χ1v) is 8.61. The second-order valence-electron chi connectivity index (χ2n) is 6.24. The van der Waals surface area contributed by atoms with Gasteiger partial charge in [0.25, 0.3) is 0 Å². The molecule has 4 aromatic rings. The van der Waals surface area contributed by atoms with Crippen LogP contribution >= 0.6 is 0 Å². The highest BCUT2D eigenvalue weighted by Crippen LogP contribution is 2.23. The molecule has 0 aliphatic carbocycles. The average Bonchev–Trinajstić information content (AvgIpc) is 2.74. The minimum atomic E-state index is 0.578. The van der Waals surface area contributed by atoms with E-state index in [2.05, 4.69) is 32.3 Å². The van der Waals surface area contributed by atoms with Crippen LogP contribution < -0.4 is 9.64 Å². The molecule has 27 heavy (non-hydrogen) atoms. The van der Waals surface area contributed by atoms with Gasteiger partial charge in [-0.05, 0) is 41.3 Å². The van der Waals surface area contributed by atoms with E-state index in [4.69, 9.17) is 4.74 Å². The van der Waals surface area contributed by atoms with Crippen molar-refractivity contribution in [2.45, 2.75) is 6.54 Å². The Balaban J connectivity index is 1.61. The van der Waals surface area contributed by atoms with E-state index < -0.39 is 0 Å². The van der Waals surface area contributed by atoms with E-state index in [1.807, 2.05) is 60.7 Å². The second kappa shape index (κ2) is 7.37. The SMILES string of the molecule is COc1ccc(-c2cnnc(N(C)Cc3cccc4cnccc34)n2)cc1. The van der Waals surface area contributed by atoms with E-state index in [0.717, 1.165) is 22.4 Å². The summed E-state index contributed by atoms with van der Waals surface area (Å²) in [5.74, 6) is 1.39. The summed E-state index contributed by atoms with van der Waals surface area (Å²) >= 11 is 0. The van der Waals surface area contributed by atoms with Gasteiger partial charge in [0, 0.05) is 36.9 Å². The largest absolute Gasteiger partial charge is 0.497 e. The fraction of sp³-hybridized carbons (Fsp3) is 0.143. The molecule has 0 bridgehead atoms. The number of benzene rings is 2. The van der Waals surface area contributed by atoms with Crippen molar-refractivity contribution >= 4 is 16.7 Å². The summed E-state index contributed by atoms with van der Waals surface area (Å²) in [5.41, 5.74) is 2.93. The normalized spacial score (nSPS) is 10.7. The van der Waals surface area contributed by atoms with E-state index in [9.17, 15) is 0 Å². The zero-order valence-corrected chi connectivity index (χ0v) is 15.2. The molecular weight excluding hydrogens is 338 g/mol. The van der Waals surface area contributed by atoms with E-state index in [0.29, 0.717) is 12.5 Å². The molecule has 0 saturated carbocycles. The molecule has 2 aromatic carbocycles. The van der Waals surface area contributed by atoms with E-state index in [1.54, 1.807) is 13.3 Å². The summed E-state index contributed by atoms with van der Waals surface area (Å²) < 4.78 is 5.21. The molecule has 4 rings (SSSR count). The summed E-state index contributed by atoms with van der Waals surface area (Å²) in [5, 5.41) is 10.6. The highest BCUT2D eigenvalue weighted by atomic mass is 16.5. The van der Waals surface area contributed by atoms with Crippen molar-refractivity contribution in [3.8, 4) is 17.0 Å². The topological polar surface area (TPSA) is 64.0 Å². The number of hydrogen-bond acceptors (Lipinski definition) is 6. The molecule has 2 aromatic heterocycles. The van der Waals surface area contributed by atoms with Crippen molar-refractivity contribution in [1.82, 2.24) is 20.2 Å². The summed E-state index contributed by atoms with van der Waals surface area (Å²) in [4.78, 5) is 10.9. The predicted molar refractivity (Wildman–Crippen MR) is 106 cm³/mol. The lowest BCUT2D eigenvalue weighted by atomic mass is 10.1. The predicted octanol–water partition coefficient (Wildman–Crippen LogP) is 3.73. The maximum absolute atomic E-state index is 5.21. The van der Waals surface area contributed by atoms with E-state index >= 15 is 0 Å². The minimum absolute atomic E-state index is 0.578. The molecule has 0 spiro atoms. The van der Waals surface area contributed by atoms with Crippen molar-refractivity contribution < 1.29 is 4.74 Å². The third-order valence-corrected chi connectivity index (χ3v) is 4.45. The molecule has 0 saturated heterocycles. The van der Waals surface area contributed by atoms with Crippen LogP contribution in [0.4, 0.5) is 5.95 Å². The molecule has 134 valence electrons. The number of pyridine rings is 1. The van der Waals surface area contributed by atoms with Crippen molar-refractivity contribution in [3.63, 3.8) is 0 Å². The Labute approximate surface area is 157 Å². The maximum atomic E-state index is 5.21. The Morgan fingerprint density at radius 1 is 1.00 bits per heavy atom. The highest BCUT2D eigenvalue weighted by molar-refractivity contribution is 5.84. The van der Waals surface area contributed by atoms with E-state index in [1.165, 1.54) is 10.9 Å². The first-order chi connectivity index (χ1) is 13.2. The average molecular weight is 357 g/mol. The molecule has 2 heterocycles. The van der Waals surface area contributed by atoms with Gasteiger partial charge in [0.15, 0.2) is 0 Å². The molecule has 6 nitrogen and oxygen atoms in total. The van der Waals surface area contributed by atoms with Crippen LogP contribution in [0.15, 0.2) is 67.1 Å². The summed E-state index contributed by atoms with van der Waals surface area (Å²) in [7, 11) is 3.62. The Bertz CT molecular complexity index is 1060. The van der Waals surface area contributed by atoms with Gasteiger partial charge in [0.05, 0.1) is 19.0 Å². The Morgan fingerprint density at radius 2 is 1.85 bits per heavy atom. The van der Waals surface area contributed by atoms with Crippen molar-refractivity contribution in [2.24, 2.45) is 0 Å². The first kappa shape index (κ1) is 16.9. The molecule has 0 N–H and O–H groups in total. The van der Waals surface area contributed by atoms with Gasteiger partial charge in [-0.25, -0.2) is 4.98 Å². The van der Waals surface area contributed by atoms with Crippen LogP contribution in [0.1, 0.15) is 5.56 Å². The van der Waals surface area contributed by atoms with Crippen LogP contribution in [0.3, 0.4) is 0 Å². The lowest BCUT2D eigenvalue weighted by Gasteiger charge is -2.18. The van der Waals surface area contributed by atoms with Crippen molar-refractivity contribution in [1.29, 1.82) is 0 Å². The van der Waals surface area contributed by atoms with Gasteiger partial charge in [-0.15, -0.1) is 5.10 Å². The van der Waals surface area contributed by atoms with Gasteiger partial charge >= 0.3 is 0 Å². The van der Waals surface area contributed by atoms with Crippen LogP contribution in [0, 0.1) is 0 Å². The Hall–Kier alpha value is -3.54. The van der Waals surface area contributed by atoms with Crippen molar-refractivity contribution in [3.05, 3.63) is 72.7 Å². The third kappa shape index (κ3) is 3.55. The van der Waals surface area contributed by atoms with Gasteiger partial charge < -0.3 is 9.64 Å². The van der Waals surface area contributed by atoms with Crippen LogP contribution in [0.2, 0.25) is 0 Å². The van der Waals surface area contributed by atoms with Crippen LogP contribution in [0.5, 0.6) is 5.75 Å². The molecule has 0 aliphatic rings. The van der Waals surface area contributed by atoms with Crippen LogP contribution in [0.25, 0.3) is 22.0 Å². The number of fused-ring (bicyclic) bond motifs is 1. The number of rotatable bonds is 5. The molecule has 0 atom stereocenters. The number of nitrogens with zero attached hydrogens (tertiary/aromatic N) is 5. The second-order valence-corrected chi connectivity index (χ2v) is 6.24. The third-order valence-electron chi connectivity index (χ3n) is 4.45. The molecule has 0 amide bonds. The minimum Gasteiger partial charge on any atom is -0.497 e. The molecule has 6 heteroatoms. The number of aromatic nitrogens is 4. The first-order valence-electron chi connectivity index (χ1n) is 8.61. The number of methoxy groups -OCH3 is 1. The van der Waals surface area contributed by atoms with Crippen LogP contribution in [-0.2, 0) is 6.54 Å². The van der Waals surface area contributed by atoms with Gasteiger partial charge in [0.1, 0.15) is 5.75 Å². The maximum Gasteiger partial charge on any atom is 0.245 e. The number of hydrogen-bond donors (Lipinski definition) is 0. The Kier molecular flexibility index (Phi) is 4.61. The lowest BCUT2D eigenvalue weighted by molar-refractivity contribution is 0.415. The lowest BCUT2D eigenvalue weighted by Crippen LogP contribution is -2.20. The fourth-order valence-corrected chi connectivity index (χ4v) is 3.01. The quantitative estimate of drug-likeness (QED) is 0.542. The molecule has 0 aliphatic heterocycles. The molecule has 0 fully saturated rings. The van der Waals surface area contributed by atoms with Crippen LogP contribution in [-0.4, -0.2) is 34.3 Å². The molecular formula is C21H19N5O. The zero-order valence-electron chi connectivity index (χ0n) is 15.2. The number of anilines is 1. The van der Waals surface area contributed by atoms with Gasteiger partial charge in [-0.1, -0.05) is 18.2 Å². The zero-order chi connectivity index (χ0) is 18.6. The summed E-state index contributed by atoms with van der Waals surface area (Å²) in [6.07, 6.45) is 5.36. The molecule has 0 radical (unpaired) electrons. The van der Waals surface area contributed by atoms with Gasteiger partial charge in [0.2, 0.25) is 5.95 Å². The summed E-state index contributed by atoms with van der Waals surface area (Å²) in [6.45, 7) is 0.676. The standard InChI is InChI=1S/C21H19N5O/c1-26(14-17-5-3-4-16-12-22-11-10-19(16)17)21-24-20(13-23-25-21)15-6-8-18(27-2)9-7-15/h3-13H,14H2,1-2H3. The van der Waals surface area contributed by atoms with Crippen molar-refractivity contribution in [2.75, 3.05) is 19.1 Å². The number of ether oxygens (including phenoxy) is 1. The summed E-state index contributed by atoms with van der Waals surface area (Å²) in [6, 6.07) is 16.0. The smallest absolute Gasteiger partial charge is 0.245 e. The van der Waals surface area contributed by atoms with E-state index in [-0.39, 0.29) is 0 Å². The fourth-order valence-electron chi connectivity index (χ4n) is 3.01.